The lowest BCUT2D eigenvalue weighted by Crippen LogP contribution is -2.35. The Labute approximate surface area is 123 Å². The van der Waals surface area contributed by atoms with Crippen LogP contribution < -0.4 is 4.72 Å². The summed E-state index contributed by atoms with van der Waals surface area (Å²) in [5, 5.41) is -0.216. The van der Waals surface area contributed by atoms with E-state index < -0.39 is 27.2 Å². The predicted octanol–water partition coefficient (Wildman–Crippen LogP) is 2.42. The molecule has 0 radical (unpaired) electrons. The maximum absolute atomic E-state index is 12.4. The average Bonchev–Trinajstić information content (AvgIpc) is 2.90. The maximum atomic E-state index is 12.4. The molecule has 1 aliphatic carbocycles. The number of nitrogens with one attached hydrogen (secondary N) is 1. The van der Waals surface area contributed by atoms with Gasteiger partial charge in [-0.25, -0.2) is 8.42 Å². The number of carbonyl (C=O) groups is 1. The van der Waals surface area contributed by atoms with Crippen LogP contribution in [0.1, 0.15) is 19.3 Å². The summed E-state index contributed by atoms with van der Waals surface area (Å²) in [4.78, 5) is 11.6. The van der Waals surface area contributed by atoms with Gasteiger partial charge < -0.3 is 4.74 Å². The van der Waals surface area contributed by atoms with E-state index in [2.05, 4.69) is 9.46 Å². The highest BCUT2D eigenvalue weighted by Gasteiger charge is 2.42. The minimum atomic E-state index is -3.62. The molecule has 0 heterocycles. The SMILES string of the molecule is COC(=O)C1CCCC1S(=O)(=O)Nc1ccc(Cl)cc1. The second-order valence-corrected chi connectivity index (χ2v) is 7.09. The summed E-state index contributed by atoms with van der Waals surface area (Å²) < 4.78 is 31.9. The van der Waals surface area contributed by atoms with Crippen molar-refractivity contribution in [2.45, 2.75) is 24.5 Å². The van der Waals surface area contributed by atoms with Crippen molar-refractivity contribution in [3.63, 3.8) is 0 Å². The number of benzene rings is 1. The van der Waals surface area contributed by atoms with E-state index in [9.17, 15) is 13.2 Å². The first kappa shape index (κ1) is 15.1. The Hall–Kier alpha value is -1.27. The third-order valence-electron chi connectivity index (χ3n) is 3.46. The number of carbonyl (C=O) groups excluding carboxylic acids is 1. The van der Waals surface area contributed by atoms with Crippen molar-refractivity contribution in [1.29, 1.82) is 0 Å². The number of sulfonamides is 1. The molecule has 0 spiro atoms. The number of hydrogen-bond acceptors (Lipinski definition) is 4. The molecule has 1 aromatic carbocycles. The fourth-order valence-corrected chi connectivity index (χ4v) is 4.37. The zero-order chi connectivity index (χ0) is 14.8. The third-order valence-corrected chi connectivity index (χ3v) is 5.59. The topological polar surface area (TPSA) is 72.5 Å². The minimum Gasteiger partial charge on any atom is -0.469 e. The Morgan fingerprint density at radius 1 is 1.30 bits per heavy atom. The zero-order valence-electron chi connectivity index (χ0n) is 11.0. The normalized spacial score (nSPS) is 22.5. The molecule has 0 saturated heterocycles. The highest BCUT2D eigenvalue weighted by atomic mass is 35.5. The number of rotatable bonds is 4. The van der Waals surface area contributed by atoms with Gasteiger partial charge in [0.05, 0.1) is 18.3 Å². The van der Waals surface area contributed by atoms with Crippen molar-refractivity contribution in [2.24, 2.45) is 5.92 Å². The Kier molecular flexibility index (Phi) is 4.55. The molecule has 1 fully saturated rings. The van der Waals surface area contributed by atoms with Gasteiger partial charge in [-0.1, -0.05) is 18.0 Å². The predicted molar refractivity (Wildman–Crippen MR) is 77.1 cm³/mol. The first-order valence-electron chi connectivity index (χ1n) is 6.29. The minimum absolute atomic E-state index is 0.435. The fourth-order valence-electron chi connectivity index (χ4n) is 2.48. The Bertz CT molecular complexity index is 585. The summed E-state index contributed by atoms with van der Waals surface area (Å²) in [6, 6.07) is 6.38. The van der Waals surface area contributed by atoms with Crippen LogP contribution in [0.4, 0.5) is 5.69 Å². The molecule has 7 heteroatoms. The number of halogens is 1. The monoisotopic (exact) mass is 317 g/mol. The molecule has 0 bridgehead atoms. The van der Waals surface area contributed by atoms with Gasteiger partial charge in [0.2, 0.25) is 10.0 Å². The average molecular weight is 318 g/mol. The van der Waals surface area contributed by atoms with Crippen LogP contribution in [0.25, 0.3) is 0 Å². The molecule has 0 amide bonds. The van der Waals surface area contributed by atoms with E-state index in [-0.39, 0.29) is 0 Å². The van der Waals surface area contributed by atoms with E-state index in [0.717, 1.165) is 0 Å². The summed E-state index contributed by atoms with van der Waals surface area (Å²) in [7, 11) is -2.35. The van der Waals surface area contributed by atoms with E-state index in [1.807, 2.05) is 0 Å². The van der Waals surface area contributed by atoms with Crippen LogP contribution in [0, 0.1) is 5.92 Å². The largest absolute Gasteiger partial charge is 0.469 e. The third kappa shape index (κ3) is 3.24. The van der Waals surface area contributed by atoms with Gasteiger partial charge in [0.15, 0.2) is 0 Å². The molecule has 20 heavy (non-hydrogen) atoms. The van der Waals surface area contributed by atoms with Crippen molar-refractivity contribution in [3.05, 3.63) is 29.3 Å². The van der Waals surface area contributed by atoms with Crippen molar-refractivity contribution in [1.82, 2.24) is 0 Å². The van der Waals surface area contributed by atoms with Gasteiger partial charge in [-0.3, -0.25) is 9.52 Å². The molecular formula is C13H16ClNO4S. The molecule has 2 rings (SSSR count). The van der Waals surface area contributed by atoms with Gasteiger partial charge in [0.25, 0.3) is 0 Å². The van der Waals surface area contributed by atoms with Gasteiger partial charge in [-0.05, 0) is 37.1 Å². The molecule has 2 atom stereocenters. The lowest BCUT2D eigenvalue weighted by Gasteiger charge is -2.19. The molecule has 2 unspecified atom stereocenters. The molecule has 5 nitrogen and oxygen atoms in total. The Morgan fingerprint density at radius 3 is 2.55 bits per heavy atom. The van der Waals surface area contributed by atoms with E-state index in [4.69, 9.17) is 11.6 Å². The van der Waals surface area contributed by atoms with Crippen LogP contribution in [0.2, 0.25) is 5.02 Å². The van der Waals surface area contributed by atoms with E-state index >= 15 is 0 Å². The van der Waals surface area contributed by atoms with Gasteiger partial charge in [-0.2, -0.15) is 0 Å². The Balaban J connectivity index is 2.17. The second-order valence-electron chi connectivity index (χ2n) is 4.75. The summed E-state index contributed by atoms with van der Waals surface area (Å²) in [6.07, 6.45) is 1.70. The van der Waals surface area contributed by atoms with E-state index in [0.29, 0.717) is 30.0 Å². The van der Waals surface area contributed by atoms with Crippen LogP contribution in [0.15, 0.2) is 24.3 Å². The van der Waals surface area contributed by atoms with Gasteiger partial charge >= 0.3 is 5.97 Å². The first-order valence-corrected chi connectivity index (χ1v) is 8.21. The molecule has 0 aromatic heterocycles. The highest BCUT2D eigenvalue weighted by molar-refractivity contribution is 7.93. The van der Waals surface area contributed by atoms with Crippen LogP contribution >= 0.6 is 11.6 Å². The van der Waals surface area contributed by atoms with Crippen molar-refractivity contribution < 1.29 is 17.9 Å². The second kappa shape index (κ2) is 6.01. The van der Waals surface area contributed by atoms with Crippen molar-refractivity contribution in [3.8, 4) is 0 Å². The number of ether oxygens (including phenoxy) is 1. The summed E-state index contributed by atoms with van der Waals surface area (Å²) >= 11 is 5.76. The lowest BCUT2D eigenvalue weighted by atomic mass is 10.1. The fraction of sp³-hybridized carbons (Fsp3) is 0.462. The molecule has 1 aliphatic rings. The summed E-state index contributed by atoms with van der Waals surface area (Å²) in [5.74, 6) is -1.06. The van der Waals surface area contributed by atoms with Gasteiger partial charge in [0.1, 0.15) is 0 Å². The molecule has 1 N–H and O–H groups in total. The van der Waals surface area contributed by atoms with Crippen molar-refractivity contribution in [2.75, 3.05) is 11.8 Å². The summed E-state index contributed by atoms with van der Waals surface area (Å²) in [6.45, 7) is 0. The number of esters is 1. The highest BCUT2D eigenvalue weighted by Crippen LogP contribution is 2.33. The quantitative estimate of drug-likeness (QED) is 0.866. The molecule has 0 aliphatic heterocycles. The molecular weight excluding hydrogens is 302 g/mol. The zero-order valence-corrected chi connectivity index (χ0v) is 12.6. The van der Waals surface area contributed by atoms with E-state index in [1.165, 1.54) is 7.11 Å². The lowest BCUT2D eigenvalue weighted by molar-refractivity contribution is -0.145. The first-order chi connectivity index (χ1) is 9.44. The van der Waals surface area contributed by atoms with Crippen LogP contribution in [-0.2, 0) is 19.6 Å². The smallest absolute Gasteiger partial charge is 0.310 e. The number of anilines is 1. The van der Waals surface area contributed by atoms with E-state index in [1.54, 1.807) is 24.3 Å². The van der Waals surface area contributed by atoms with Crippen LogP contribution in [0.3, 0.4) is 0 Å². The number of methoxy groups -OCH3 is 1. The molecule has 1 saturated carbocycles. The van der Waals surface area contributed by atoms with Crippen molar-refractivity contribution >= 4 is 33.3 Å². The van der Waals surface area contributed by atoms with Crippen LogP contribution in [0.5, 0.6) is 0 Å². The maximum Gasteiger partial charge on any atom is 0.310 e. The van der Waals surface area contributed by atoms with Gasteiger partial charge in [-0.15, -0.1) is 0 Å². The summed E-state index contributed by atoms with van der Waals surface area (Å²) in [5.41, 5.74) is 0.435. The number of hydrogen-bond donors (Lipinski definition) is 1. The van der Waals surface area contributed by atoms with Crippen LogP contribution in [-0.4, -0.2) is 26.7 Å². The molecule has 110 valence electrons. The standard InChI is InChI=1S/C13H16ClNO4S/c1-19-13(16)11-3-2-4-12(11)20(17,18)15-10-7-5-9(14)6-8-10/h5-8,11-12,15H,2-4H2,1H3. The molecule has 1 aromatic rings. The van der Waals surface area contributed by atoms with Gasteiger partial charge in [0, 0.05) is 10.7 Å². The Morgan fingerprint density at radius 2 is 1.95 bits per heavy atom.